The van der Waals surface area contributed by atoms with Gasteiger partial charge in [0, 0.05) is 0 Å². The molecule has 124 valence electrons. The van der Waals surface area contributed by atoms with Gasteiger partial charge in [-0.25, -0.2) is 0 Å². The van der Waals surface area contributed by atoms with Gasteiger partial charge in [-0.2, -0.15) is 0 Å². The van der Waals surface area contributed by atoms with Gasteiger partial charge in [-0.3, -0.25) is 4.79 Å². The van der Waals surface area contributed by atoms with Crippen LogP contribution in [-0.2, 0) is 16.1 Å². The fraction of sp³-hybridized carbons (Fsp3) is 0.450. The first-order valence-corrected chi connectivity index (χ1v) is 9.57. The predicted molar refractivity (Wildman–Crippen MR) is 100 cm³/mol. The second-order valence-corrected chi connectivity index (χ2v) is 9.18. The zero-order chi connectivity index (χ0) is 17.1. The molecule has 0 aromatic heterocycles. The van der Waals surface area contributed by atoms with Crippen LogP contribution in [0.15, 0.2) is 42.5 Å². The van der Waals surface area contributed by atoms with Gasteiger partial charge >= 0.3 is 5.97 Å². The lowest BCUT2D eigenvalue weighted by atomic mass is 9.85. The number of rotatable bonds is 5. The van der Waals surface area contributed by atoms with E-state index in [0.717, 1.165) is 12.0 Å². The normalized spacial score (nSPS) is 15.0. The van der Waals surface area contributed by atoms with Gasteiger partial charge in [-0.1, -0.05) is 57.2 Å². The van der Waals surface area contributed by atoms with E-state index in [0.29, 0.717) is 15.2 Å². The maximum absolute atomic E-state index is 12.6. The molecule has 23 heavy (non-hydrogen) atoms. The number of benzene rings is 2. The third-order valence-electron chi connectivity index (χ3n) is 4.07. The molecule has 2 aromatic rings. The lowest BCUT2D eigenvalue weighted by molar-refractivity contribution is -0.148. The number of hydrogen-bond acceptors (Lipinski definition) is 2. The molecule has 0 heterocycles. The van der Waals surface area contributed by atoms with E-state index in [1.807, 2.05) is 25.1 Å². The monoisotopic (exact) mass is 330 g/mol. The van der Waals surface area contributed by atoms with Gasteiger partial charge in [0.2, 0.25) is 0 Å². The quantitative estimate of drug-likeness (QED) is 0.543. The molecule has 0 spiro atoms. The molecule has 0 saturated heterocycles. The van der Waals surface area contributed by atoms with Gasteiger partial charge in [0.25, 0.3) is 0 Å². The highest BCUT2D eigenvalue weighted by Gasteiger charge is 2.37. The molecular weight excluding hydrogens is 303 g/mol. The summed E-state index contributed by atoms with van der Waals surface area (Å²) in [5, 5.41) is 1.99. The molecule has 2 rings (SSSR count). The van der Waals surface area contributed by atoms with Crippen LogP contribution in [0.25, 0.3) is 10.8 Å². The van der Waals surface area contributed by atoms with Crippen molar-refractivity contribution in [2.45, 2.75) is 45.9 Å². The minimum absolute atomic E-state index is 0.0820. The molecule has 0 amide bonds. The molecule has 2 nitrogen and oxygen atoms in total. The van der Waals surface area contributed by atoms with Gasteiger partial charge in [0.1, 0.15) is 6.61 Å². The maximum Gasteiger partial charge on any atom is 0.316 e. The van der Waals surface area contributed by atoms with Crippen molar-refractivity contribution < 1.29 is 9.53 Å². The Balaban J connectivity index is 2.07. The molecule has 2 unspecified atom stereocenters. The van der Waals surface area contributed by atoms with Crippen molar-refractivity contribution in [2.24, 2.45) is 5.41 Å². The highest BCUT2D eigenvalue weighted by Crippen LogP contribution is 2.40. The Morgan fingerprint density at radius 2 is 1.70 bits per heavy atom. The molecular formula is C20H27O2P. The number of esters is 1. The predicted octanol–water partition coefficient (Wildman–Crippen LogP) is 5.39. The molecule has 0 radical (unpaired) electrons. The van der Waals surface area contributed by atoms with Crippen molar-refractivity contribution in [3.63, 3.8) is 0 Å². The lowest BCUT2D eigenvalue weighted by Gasteiger charge is -2.32. The number of carbonyl (C=O) groups excluding carboxylic acids is 1. The summed E-state index contributed by atoms with van der Waals surface area (Å²) >= 11 is 0. The van der Waals surface area contributed by atoms with Crippen molar-refractivity contribution in [3.8, 4) is 0 Å². The number of carbonyl (C=O) groups is 1. The fourth-order valence-electron chi connectivity index (χ4n) is 2.96. The highest BCUT2D eigenvalue weighted by atomic mass is 31.1. The van der Waals surface area contributed by atoms with E-state index < -0.39 is 5.16 Å². The standard InChI is InChI=1S/C20H27O2P/c1-19(2,3)14-20(4,23-5)18(21)22-13-15-10-11-16-8-6-7-9-17(16)12-15/h6-12,23H,13-14H2,1-5H3. The summed E-state index contributed by atoms with van der Waals surface area (Å²) in [7, 11) is 0.533. The van der Waals surface area contributed by atoms with Gasteiger partial charge in [0.05, 0.1) is 5.16 Å². The minimum atomic E-state index is -0.394. The Labute approximate surface area is 141 Å². The summed E-state index contributed by atoms with van der Waals surface area (Å²) < 4.78 is 5.65. The average molecular weight is 330 g/mol. The van der Waals surface area contributed by atoms with Gasteiger partial charge in [0.15, 0.2) is 0 Å². The van der Waals surface area contributed by atoms with Crippen LogP contribution in [0.1, 0.15) is 39.7 Å². The summed E-state index contributed by atoms with van der Waals surface area (Å²) in [4.78, 5) is 12.6. The molecule has 0 aliphatic heterocycles. The van der Waals surface area contributed by atoms with E-state index in [2.05, 4.69) is 51.7 Å². The molecule has 0 fully saturated rings. The Hall–Kier alpha value is -1.40. The topological polar surface area (TPSA) is 26.3 Å². The lowest BCUT2D eigenvalue weighted by Crippen LogP contribution is -2.36. The molecule has 3 heteroatoms. The summed E-state index contributed by atoms with van der Waals surface area (Å²) in [5.74, 6) is -0.0820. The van der Waals surface area contributed by atoms with E-state index >= 15 is 0 Å². The van der Waals surface area contributed by atoms with Crippen molar-refractivity contribution >= 4 is 25.3 Å². The van der Waals surface area contributed by atoms with Gasteiger partial charge < -0.3 is 4.74 Å². The average Bonchev–Trinajstić information content (AvgIpc) is 2.50. The van der Waals surface area contributed by atoms with E-state index in [1.165, 1.54) is 10.8 Å². The van der Waals surface area contributed by atoms with Crippen LogP contribution in [0, 0.1) is 5.41 Å². The van der Waals surface area contributed by atoms with Crippen LogP contribution in [0.3, 0.4) is 0 Å². The molecule has 0 aliphatic carbocycles. The highest BCUT2D eigenvalue weighted by molar-refractivity contribution is 7.40. The van der Waals surface area contributed by atoms with E-state index in [1.54, 1.807) is 0 Å². The molecule has 0 N–H and O–H groups in total. The van der Waals surface area contributed by atoms with Gasteiger partial charge in [-0.05, 0) is 47.8 Å². The van der Waals surface area contributed by atoms with Crippen LogP contribution >= 0.6 is 8.58 Å². The van der Waals surface area contributed by atoms with Crippen LogP contribution in [0.4, 0.5) is 0 Å². The second kappa shape index (κ2) is 7.01. The molecule has 2 atom stereocenters. The molecule has 0 aliphatic rings. The van der Waals surface area contributed by atoms with Crippen molar-refractivity contribution in [3.05, 3.63) is 48.0 Å². The van der Waals surface area contributed by atoms with Crippen molar-refractivity contribution in [1.29, 1.82) is 0 Å². The zero-order valence-electron chi connectivity index (χ0n) is 14.8. The maximum atomic E-state index is 12.6. The molecule has 2 aromatic carbocycles. The Kier molecular flexibility index (Phi) is 5.47. The fourth-order valence-corrected chi connectivity index (χ4v) is 3.94. The van der Waals surface area contributed by atoms with Crippen molar-refractivity contribution in [1.82, 2.24) is 0 Å². The zero-order valence-corrected chi connectivity index (χ0v) is 15.8. The third-order valence-corrected chi connectivity index (χ3v) is 5.55. The first kappa shape index (κ1) is 17.9. The first-order chi connectivity index (χ1) is 10.7. The van der Waals surface area contributed by atoms with E-state index in [9.17, 15) is 4.79 Å². The van der Waals surface area contributed by atoms with Crippen LogP contribution in [-0.4, -0.2) is 17.8 Å². The Bertz CT molecular complexity index is 687. The van der Waals surface area contributed by atoms with Crippen LogP contribution in [0.2, 0.25) is 0 Å². The smallest absolute Gasteiger partial charge is 0.316 e. The molecule has 0 saturated carbocycles. The number of hydrogen-bond donors (Lipinski definition) is 0. The SMILES string of the molecule is CPC(C)(CC(C)(C)C)C(=O)OCc1ccc2ccccc2c1. The minimum Gasteiger partial charge on any atom is -0.460 e. The van der Waals surface area contributed by atoms with Crippen molar-refractivity contribution in [2.75, 3.05) is 6.66 Å². The Morgan fingerprint density at radius 3 is 2.30 bits per heavy atom. The summed E-state index contributed by atoms with van der Waals surface area (Å²) in [6.45, 7) is 11.0. The van der Waals surface area contributed by atoms with Gasteiger partial charge in [-0.15, -0.1) is 8.58 Å². The van der Waals surface area contributed by atoms with Crippen LogP contribution in [0.5, 0.6) is 0 Å². The Morgan fingerprint density at radius 1 is 1.04 bits per heavy atom. The van der Waals surface area contributed by atoms with E-state index in [-0.39, 0.29) is 11.4 Å². The number of ether oxygens (including phenoxy) is 1. The largest absolute Gasteiger partial charge is 0.460 e. The summed E-state index contributed by atoms with van der Waals surface area (Å²) in [6, 6.07) is 14.4. The first-order valence-electron chi connectivity index (χ1n) is 8.07. The van der Waals surface area contributed by atoms with E-state index in [4.69, 9.17) is 4.74 Å². The molecule has 0 bridgehead atoms. The summed E-state index contributed by atoms with van der Waals surface area (Å²) in [5.41, 5.74) is 1.15. The van der Waals surface area contributed by atoms with Crippen LogP contribution < -0.4 is 0 Å². The third kappa shape index (κ3) is 4.78. The number of fused-ring (bicyclic) bond motifs is 1. The second-order valence-electron chi connectivity index (χ2n) is 7.58. The summed E-state index contributed by atoms with van der Waals surface area (Å²) in [6.07, 6.45) is 0.839.